The van der Waals surface area contributed by atoms with Crippen LogP contribution >= 0.6 is 11.3 Å². The third-order valence-electron chi connectivity index (χ3n) is 2.62. The van der Waals surface area contributed by atoms with Crippen molar-refractivity contribution >= 4 is 38.3 Å². The monoisotopic (exact) mass is 231 g/mol. The summed E-state index contributed by atoms with van der Waals surface area (Å²) in [6, 6.07) is 7.95. The molecule has 0 bridgehead atoms. The number of hydrogen-bond acceptors (Lipinski definition) is 3. The van der Waals surface area contributed by atoms with Gasteiger partial charge in [-0.25, -0.2) is 4.79 Å². The molecule has 16 heavy (non-hydrogen) atoms. The van der Waals surface area contributed by atoms with Crippen molar-refractivity contribution in [2.24, 2.45) is 0 Å². The average molecular weight is 231 g/mol. The number of nitrogens with one attached hydrogen (secondary N) is 1. The van der Waals surface area contributed by atoms with E-state index in [1.54, 1.807) is 11.3 Å². The van der Waals surface area contributed by atoms with Crippen molar-refractivity contribution in [1.82, 2.24) is 4.98 Å². The first kappa shape index (κ1) is 9.42. The van der Waals surface area contributed by atoms with Gasteiger partial charge < -0.3 is 9.72 Å². The minimum absolute atomic E-state index is 0.332. The van der Waals surface area contributed by atoms with Crippen LogP contribution in [0.4, 0.5) is 0 Å². The van der Waals surface area contributed by atoms with Crippen LogP contribution in [-0.4, -0.2) is 18.1 Å². The van der Waals surface area contributed by atoms with E-state index in [1.165, 1.54) is 17.2 Å². The smallest absolute Gasteiger partial charge is 0.354 e. The van der Waals surface area contributed by atoms with Gasteiger partial charge in [-0.15, -0.1) is 11.3 Å². The van der Waals surface area contributed by atoms with Gasteiger partial charge in [0.25, 0.3) is 0 Å². The summed E-state index contributed by atoms with van der Waals surface area (Å²) in [5.41, 5.74) is 1.47. The van der Waals surface area contributed by atoms with Crippen molar-refractivity contribution < 1.29 is 9.53 Å². The summed E-state index contributed by atoms with van der Waals surface area (Å²) in [5, 5.41) is 4.33. The van der Waals surface area contributed by atoms with Gasteiger partial charge in [0.2, 0.25) is 0 Å². The summed E-state index contributed by atoms with van der Waals surface area (Å²) in [6.07, 6.45) is 0. The van der Waals surface area contributed by atoms with Gasteiger partial charge in [0, 0.05) is 15.6 Å². The standard InChI is InChI=1S/C12H9NO2S/c1-15-12(14)10-6-8-9(13-10)3-2-7-4-5-16-11(7)8/h2-6,13H,1H3. The largest absolute Gasteiger partial charge is 0.464 e. The van der Waals surface area contributed by atoms with Crippen LogP contribution in [0.3, 0.4) is 0 Å². The third-order valence-corrected chi connectivity index (χ3v) is 3.59. The predicted octanol–water partition coefficient (Wildman–Crippen LogP) is 3.17. The summed E-state index contributed by atoms with van der Waals surface area (Å²) < 4.78 is 5.89. The van der Waals surface area contributed by atoms with E-state index in [9.17, 15) is 4.79 Å². The molecule has 0 unspecified atom stereocenters. The second kappa shape index (κ2) is 3.35. The first-order valence-corrected chi connectivity index (χ1v) is 5.75. The zero-order valence-electron chi connectivity index (χ0n) is 8.61. The Balaban J connectivity index is 2.34. The highest BCUT2D eigenvalue weighted by molar-refractivity contribution is 7.18. The Morgan fingerprint density at radius 3 is 3.06 bits per heavy atom. The molecule has 3 rings (SSSR count). The molecule has 0 fully saturated rings. The first-order chi connectivity index (χ1) is 7.79. The van der Waals surface area contributed by atoms with Crippen molar-refractivity contribution in [3.05, 3.63) is 35.3 Å². The van der Waals surface area contributed by atoms with Gasteiger partial charge in [-0.3, -0.25) is 0 Å². The van der Waals surface area contributed by atoms with E-state index >= 15 is 0 Å². The second-order valence-electron chi connectivity index (χ2n) is 3.54. The fraction of sp³-hybridized carbons (Fsp3) is 0.0833. The Morgan fingerprint density at radius 1 is 1.38 bits per heavy atom. The maximum atomic E-state index is 11.4. The summed E-state index contributed by atoms with van der Waals surface area (Å²) in [6.45, 7) is 0. The summed E-state index contributed by atoms with van der Waals surface area (Å²) in [7, 11) is 1.38. The first-order valence-electron chi connectivity index (χ1n) is 4.87. The van der Waals surface area contributed by atoms with Gasteiger partial charge in [-0.1, -0.05) is 6.07 Å². The average Bonchev–Trinajstić information content (AvgIpc) is 2.92. The number of H-pyrrole nitrogens is 1. The minimum atomic E-state index is -0.332. The lowest BCUT2D eigenvalue weighted by atomic mass is 10.2. The Hall–Kier alpha value is -1.81. The Labute approximate surface area is 95.6 Å². The molecule has 0 saturated carbocycles. The lowest BCUT2D eigenvalue weighted by Crippen LogP contribution is -2.00. The van der Waals surface area contributed by atoms with Crippen molar-refractivity contribution in [2.45, 2.75) is 0 Å². The number of rotatable bonds is 1. The van der Waals surface area contributed by atoms with Gasteiger partial charge in [0.1, 0.15) is 5.69 Å². The number of ether oxygens (including phenoxy) is 1. The Morgan fingerprint density at radius 2 is 2.25 bits per heavy atom. The van der Waals surface area contributed by atoms with Crippen LogP contribution in [-0.2, 0) is 4.74 Å². The second-order valence-corrected chi connectivity index (χ2v) is 4.46. The zero-order chi connectivity index (χ0) is 11.1. The molecule has 4 heteroatoms. The molecule has 2 aromatic heterocycles. The van der Waals surface area contributed by atoms with Gasteiger partial charge in [-0.2, -0.15) is 0 Å². The summed E-state index contributed by atoms with van der Waals surface area (Å²) in [4.78, 5) is 14.5. The highest BCUT2D eigenvalue weighted by Crippen LogP contribution is 2.30. The predicted molar refractivity (Wildman–Crippen MR) is 65.0 cm³/mol. The number of aromatic nitrogens is 1. The topological polar surface area (TPSA) is 42.1 Å². The van der Waals surface area contributed by atoms with E-state index in [0.717, 1.165) is 10.9 Å². The van der Waals surface area contributed by atoms with Gasteiger partial charge in [0.15, 0.2) is 0 Å². The molecular weight excluding hydrogens is 222 g/mol. The fourth-order valence-electron chi connectivity index (χ4n) is 1.85. The summed E-state index contributed by atoms with van der Waals surface area (Å²) >= 11 is 1.68. The highest BCUT2D eigenvalue weighted by atomic mass is 32.1. The van der Waals surface area contributed by atoms with Crippen LogP contribution in [0.5, 0.6) is 0 Å². The molecule has 80 valence electrons. The van der Waals surface area contributed by atoms with Crippen molar-refractivity contribution in [1.29, 1.82) is 0 Å². The quantitative estimate of drug-likeness (QED) is 0.653. The van der Waals surface area contributed by atoms with Gasteiger partial charge in [0.05, 0.1) is 7.11 Å². The number of carbonyl (C=O) groups is 1. The van der Waals surface area contributed by atoms with E-state index < -0.39 is 0 Å². The van der Waals surface area contributed by atoms with Crippen LogP contribution in [0.2, 0.25) is 0 Å². The molecule has 1 N–H and O–H groups in total. The summed E-state index contributed by atoms with van der Waals surface area (Å²) in [5.74, 6) is -0.332. The van der Waals surface area contributed by atoms with E-state index in [0.29, 0.717) is 5.69 Å². The van der Waals surface area contributed by atoms with Crippen LogP contribution in [0.1, 0.15) is 10.5 Å². The van der Waals surface area contributed by atoms with Crippen LogP contribution in [0.25, 0.3) is 21.0 Å². The normalized spacial score (nSPS) is 11.1. The highest BCUT2D eigenvalue weighted by Gasteiger charge is 2.11. The Bertz CT molecular complexity index is 681. The molecule has 3 nitrogen and oxygen atoms in total. The van der Waals surface area contributed by atoms with Gasteiger partial charge >= 0.3 is 5.97 Å². The number of benzene rings is 1. The number of carbonyl (C=O) groups excluding carboxylic acids is 1. The maximum Gasteiger partial charge on any atom is 0.354 e. The molecule has 0 atom stereocenters. The van der Waals surface area contributed by atoms with Crippen LogP contribution in [0.15, 0.2) is 29.6 Å². The molecule has 0 aliphatic heterocycles. The molecule has 0 aliphatic carbocycles. The number of fused-ring (bicyclic) bond motifs is 3. The number of thiophene rings is 1. The van der Waals surface area contributed by atoms with Crippen molar-refractivity contribution in [3.8, 4) is 0 Å². The van der Waals surface area contributed by atoms with Crippen LogP contribution < -0.4 is 0 Å². The molecule has 0 radical (unpaired) electrons. The molecule has 1 aromatic carbocycles. The van der Waals surface area contributed by atoms with Crippen molar-refractivity contribution in [2.75, 3.05) is 7.11 Å². The Kier molecular flexibility index (Phi) is 1.97. The lowest BCUT2D eigenvalue weighted by molar-refractivity contribution is 0.0595. The molecule has 3 aromatic rings. The van der Waals surface area contributed by atoms with Crippen LogP contribution in [0, 0.1) is 0 Å². The molecule has 0 saturated heterocycles. The van der Waals surface area contributed by atoms with E-state index in [4.69, 9.17) is 4.74 Å². The number of methoxy groups -OCH3 is 1. The number of esters is 1. The molecular formula is C12H9NO2S. The molecule has 0 amide bonds. The molecule has 2 heterocycles. The lowest BCUT2D eigenvalue weighted by Gasteiger charge is -1.92. The zero-order valence-corrected chi connectivity index (χ0v) is 9.43. The number of aromatic amines is 1. The molecule has 0 aliphatic rings. The third kappa shape index (κ3) is 1.23. The SMILES string of the molecule is COC(=O)c1cc2c(ccc3ccsc32)[nH]1. The maximum absolute atomic E-state index is 11.4. The van der Waals surface area contributed by atoms with Crippen molar-refractivity contribution in [3.63, 3.8) is 0 Å². The van der Waals surface area contributed by atoms with E-state index in [1.807, 2.05) is 18.2 Å². The minimum Gasteiger partial charge on any atom is -0.464 e. The van der Waals surface area contributed by atoms with Gasteiger partial charge in [-0.05, 0) is 29.0 Å². The fourth-order valence-corrected chi connectivity index (χ4v) is 2.77. The van der Waals surface area contributed by atoms with E-state index in [-0.39, 0.29) is 5.97 Å². The van der Waals surface area contributed by atoms with E-state index in [2.05, 4.69) is 16.4 Å². The number of hydrogen-bond donors (Lipinski definition) is 1. The molecule has 0 spiro atoms.